The van der Waals surface area contributed by atoms with Crippen molar-refractivity contribution in [3.05, 3.63) is 0 Å². The minimum Gasteiger partial charge on any atom is -0.378 e. The number of nitrogens with one attached hydrogen (secondary N) is 1. The van der Waals surface area contributed by atoms with Gasteiger partial charge >= 0.3 is 0 Å². The van der Waals surface area contributed by atoms with Crippen LogP contribution in [0.3, 0.4) is 0 Å². The average molecular weight is 128 g/mol. The Bertz CT molecular complexity index is 139. The van der Waals surface area contributed by atoms with E-state index < -0.39 is 0 Å². The van der Waals surface area contributed by atoms with Gasteiger partial charge in [0.15, 0.2) is 0 Å². The molecule has 2 atom stereocenters. The van der Waals surface area contributed by atoms with Gasteiger partial charge in [0.2, 0.25) is 0 Å². The maximum absolute atomic E-state index is 5.30. The van der Waals surface area contributed by atoms with Gasteiger partial charge < -0.3 is 4.74 Å². The highest BCUT2D eigenvalue weighted by molar-refractivity contribution is 5.05. The molecular formula is C6H12N2O. The zero-order chi connectivity index (χ0) is 6.48. The first-order valence-corrected chi connectivity index (χ1v) is 3.31. The number of ether oxygens (including phenoxy) is 1. The highest BCUT2D eigenvalue weighted by Gasteiger charge is 2.51. The summed E-state index contributed by atoms with van der Waals surface area (Å²) in [4.78, 5) is 0. The largest absolute Gasteiger partial charge is 0.378 e. The molecule has 0 amide bonds. The van der Waals surface area contributed by atoms with Gasteiger partial charge in [-0.2, -0.15) is 0 Å². The topological polar surface area (TPSA) is 24.5 Å². The van der Waals surface area contributed by atoms with Crippen molar-refractivity contribution in [1.82, 2.24) is 10.4 Å². The van der Waals surface area contributed by atoms with Gasteiger partial charge in [0.25, 0.3) is 0 Å². The Morgan fingerprint density at radius 3 is 3.00 bits per heavy atom. The molecule has 52 valence electrons. The first-order valence-electron chi connectivity index (χ1n) is 3.31. The SMILES string of the molecule is CN1NC2(C)COCC12. The van der Waals surface area contributed by atoms with Gasteiger partial charge in [-0.25, -0.2) is 10.4 Å². The molecule has 3 nitrogen and oxygen atoms in total. The molecular weight excluding hydrogens is 116 g/mol. The molecule has 0 bridgehead atoms. The Balaban J connectivity index is 2.13. The van der Waals surface area contributed by atoms with Crippen LogP contribution in [0.1, 0.15) is 6.92 Å². The smallest absolute Gasteiger partial charge is 0.0721 e. The molecule has 1 N–H and O–H groups in total. The Morgan fingerprint density at radius 2 is 2.56 bits per heavy atom. The lowest BCUT2D eigenvalue weighted by molar-refractivity contribution is -0.0374. The summed E-state index contributed by atoms with van der Waals surface area (Å²) in [6.07, 6.45) is 0. The van der Waals surface area contributed by atoms with E-state index >= 15 is 0 Å². The van der Waals surface area contributed by atoms with Crippen LogP contribution in [0, 0.1) is 0 Å². The van der Waals surface area contributed by atoms with Crippen LogP contribution in [0.25, 0.3) is 0 Å². The van der Waals surface area contributed by atoms with E-state index in [9.17, 15) is 0 Å². The van der Waals surface area contributed by atoms with Crippen LogP contribution >= 0.6 is 0 Å². The predicted molar refractivity (Wildman–Crippen MR) is 33.9 cm³/mol. The fourth-order valence-corrected chi connectivity index (χ4v) is 1.72. The number of fused-ring (bicyclic) bond motifs is 1. The minimum absolute atomic E-state index is 0.259. The van der Waals surface area contributed by atoms with E-state index in [2.05, 4.69) is 24.4 Å². The monoisotopic (exact) mass is 128 g/mol. The Labute approximate surface area is 54.9 Å². The molecule has 0 aromatic rings. The van der Waals surface area contributed by atoms with Crippen LogP contribution in [0.15, 0.2) is 0 Å². The number of nitrogens with zero attached hydrogens (tertiary/aromatic N) is 1. The second-order valence-electron chi connectivity index (χ2n) is 3.17. The lowest BCUT2D eigenvalue weighted by Gasteiger charge is -2.49. The standard InChI is InChI=1S/C6H12N2O/c1-6-4-9-3-5(6)8(2)7-6/h5,7H,3-4H2,1-2H3. The lowest BCUT2D eigenvalue weighted by atomic mass is 9.92. The van der Waals surface area contributed by atoms with Gasteiger partial charge in [0, 0.05) is 7.05 Å². The maximum Gasteiger partial charge on any atom is 0.0721 e. The zero-order valence-electron chi connectivity index (χ0n) is 5.85. The first kappa shape index (κ1) is 5.65. The van der Waals surface area contributed by atoms with Crippen molar-refractivity contribution in [1.29, 1.82) is 0 Å². The third-order valence-electron chi connectivity index (χ3n) is 2.31. The molecule has 0 aromatic carbocycles. The molecule has 0 aromatic heterocycles. The molecule has 9 heavy (non-hydrogen) atoms. The van der Waals surface area contributed by atoms with E-state index in [0.717, 1.165) is 13.2 Å². The minimum atomic E-state index is 0.259. The number of hydrazine groups is 1. The summed E-state index contributed by atoms with van der Waals surface area (Å²) in [6, 6.07) is 0.609. The van der Waals surface area contributed by atoms with E-state index in [1.54, 1.807) is 0 Å². The van der Waals surface area contributed by atoms with E-state index in [4.69, 9.17) is 4.74 Å². The maximum atomic E-state index is 5.30. The Hall–Kier alpha value is -0.120. The predicted octanol–water partition coefficient (Wildman–Crippen LogP) is -0.406. The number of hydrogen-bond acceptors (Lipinski definition) is 3. The molecule has 2 heterocycles. The zero-order valence-corrected chi connectivity index (χ0v) is 5.85. The highest BCUT2D eigenvalue weighted by Crippen LogP contribution is 2.29. The van der Waals surface area contributed by atoms with Gasteiger partial charge in [0.05, 0.1) is 24.8 Å². The summed E-state index contributed by atoms with van der Waals surface area (Å²) >= 11 is 0. The van der Waals surface area contributed by atoms with Crippen LogP contribution in [0.4, 0.5) is 0 Å². The molecule has 2 saturated heterocycles. The summed E-state index contributed by atoms with van der Waals surface area (Å²) in [7, 11) is 2.06. The summed E-state index contributed by atoms with van der Waals surface area (Å²) in [6.45, 7) is 3.95. The average Bonchev–Trinajstić information content (AvgIpc) is 2.06. The Morgan fingerprint density at radius 1 is 1.78 bits per heavy atom. The van der Waals surface area contributed by atoms with Crippen molar-refractivity contribution in [2.75, 3.05) is 20.3 Å². The van der Waals surface area contributed by atoms with Crippen molar-refractivity contribution in [2.24, 2.45) is 0 Å². The van der Waals surface area contributed by atoms with Crippen LogP contribution < -0.4 is 5.43 Å². The van der Waals surface area contributed by atoms with Gasteiger partial charge in [-0.15, -0.1) is 0 Å². The lowest BCUT2D eigenvalue weighted by Crippen LogP contribution is -2.75. The van der Waals surface area contributed by atoms with E-state index in [1.165, 1.54) is 0 Å². The van der Waals surface area contributed by atoms with Crippen LogP contribution in [-0.2, 0) is 4.74 Å². The highest BCUT2D eigenvalue weighted by atomic mass is 16.5. The fourth-order valence-electron chi connectivity index (χ4n) is 1.72. The molecule has 0 radical (unpaired) electrons. The molecule has 0 aliphatic carbocycles. The van der Waals surface area contributed by atoms with Crippen molar-refractivity contribution in [3.63, 3.8) is 0 Å². The quantitative estimate of drug-likeness (QED) is 0.480. The van der Waals surface area contributed by atoms with E-state index in [-0.39, 0.29) is 5.54 Å². The van der Waals surface area contributed by atoms with Gasteiger partial charge in [0.1, 0.15) is 0 Å². The summed E-state index contributed by atoms with van der Waals surface area (Å²) in [5.74, 6) is 0. The first-order chi connectivity index (χ1) is 4.22. The third-order valence-corrected chi connectivity index (χ3v) is 2.31. The second kappa shape index (κ2) is 1.48. The molecule has 2 fully saturated rings. The normalized spacial score (nSPS) is 50.7. The molecule has 2 aliphatic rings. The van der Waals surface area contributed by atoms with E-state index in [0.29, 0.717) is 6.04 Å². The second-order valence-corrected chi connectivity index (χ2v) is 3.17. The van der Waals surface area contributed by atoms with Gasteiger partial charge in [-0.3, -0.25) is 0 Å². The molecule has 2 aliphatic heterocycles. The van der Waals surface area contributed by atoms with Crippen LogP contribution in [0.2, 0.25) is 0 Å². The van der Waals surface area contributed by atoms with Crippen LogP contribution in [0.5, 0.6) is 0 Å². The summed E-state index contributed by atoms with van der Waals surface area (Å²) < 4.78 is 5.30. The molecule has 0 spiro atoms. The van der Waals surface area contributed by atoms with Crippen molar-refractivity contribution in [2.45, 2.75) is 18.5 Å². The summed E-state index contributed by atoms with van der Waals surface area (Å²) in [5, 5.41) is 2.12. The van der Waals surface area contributed by atoms with Crippen molar-refractivity contribution < 1.29 is 4.74 Å². The fraction of sp³-hybridized carbons (Fsp3) is 1.00. The van der Waals surface area contributed by atoms with E-state index in [1.807, 2.05) is 0 Å². The summed E-state index contributed by atoms with van der Waals surface area (Å²) in [5.41, 5.74) is 3.55. The molecule has 2 rings (SSSR count). The number of rotatable bonds is 0. The molecule has 3 heteroatoms. The van der Waals surface area contributed by atoms with Crippen LogP contribution in [-0.4, -0.2) is 36.9 Å². The Kier molecular flexibility index (Phi) is 0.928. The van der Waals surface area contributed by atoms with Crippen molar-refractivity contribution >= 4 is 0 Å². The van der Waals surface area contributed by atoms with Gasteiger partial charge in [-0.05, 0) is 6.92 Å². The molecule has 2 unspecified atom stereocenters. The molecule has 0 saturated carbocycles. The van der Waals surface area contributed by atoms with Gasteiger partial charge in [-0.1, -0.05) is 0 Å². The van der Waals surface area contributed by atoms with Crippen molar-refractivity contribution in [3.8, 4) is 0 Å². The third kappa shape index (κ3) is 0.569. The number of hydrogen-bond donors (Lipinski definition) is 1. The number of likely N-dealkylation sites (N-methyl/N-ethyl adjacent to an activating group) is 1.